The first-order valence-electron chi connectivity index (χ1n) is 6.56. The summed E-state index contributed by atoms with van der Waals surface area (Å²) >= 11 is 0. The van der Waals surface area contributed by atoms with Gasteiger partial charge in [0.2, 0.25) is 5.95 Å². The second kappa shape index (κ2) is 5.01. The molecular formula is C13H14F3N3OS. The Labute approximate surface area is 121 Å². The van der Waals surface area contributed by atoms with E-state index >= 15 is 0 Å². The summed E-state index contributed by atoms with van der Waals surface area (Å²) in [6, 6.07) is 3.52. The molecule has 21 heavy (non-hydrogen) atoms. The summed E-state index contributed by atoms with van der Waals surface area (Å²) in [5.74, 6) is 1.39. The number of anilines is 1. The van der Waals surface area contributed by atoms with E-state index in [1.807, 2.05) is 0 Å². The van der Waals surface area contributed by atoms with Crippen molar-refractivity contribution in [3.63, 3.8) is 0 Å². The fourth-order valence-electron chi connectivity index (χ4n) is 2.72. The zero-order valence-corrected chi connectivity index (χ0v) is 11.9. The molecule has 1 aromatic heterocycles. The number of nitrogen functional groups attached to an aromatic ring is 1. The molecule has 3 rings (SSSR count). The molecule has 114 valence electrons. The normalized spacial score (nSPS) is 23.6. The minimum absolute atomic E-state index is 0.0458. The van der Waals surface area contributed by atoms with E-state index in [1.54, 1.807) is 4.57 Å². The molecule has 0 saturated carbocycles. The summed E-state index contributed by atoms with van der Waals surface area (Å²) in [6.07, 6.45) is -3.00. The second-order valence-electron chi connectivity index (χ2n) is 5.12. The quantitative estimate of drug-likeness (QED) is 0.880. The predicted octanol–water partition coefficient (Wildman–Crippen LogP) is 2.72. The number of fused-ring (bicyclic) bond motifs is 1. The van der Waals surface area contributed by atoms with Crippen molar-refractivity contribution in [3.8, 4) is 0 Å². The van der Waals surface area contributed by atoms with Gasteiger partial charge in [-0.15, -0.1) is 0 Å². The smallest absolute Gasteiger partial charge is 0.369 e. The summed E-state index contributed by atoms with van der Waals surface area (Å²) in [7, 11) is -0.802. The molecule has 1 aromatic carbocycles. The van der Waals surface area contributed by atoms with E-state index in [0.717, 1.165) is 12.1 Å². The predicted molar refractivity (Wildman–Crippen MR) is 75.3 cm³/mol. The van der Waals surface area contributed by atoms with Crippen molar-refractivity contribution in [3.05, 3.63) is 23.8 Å². The van der Waals surface area contributed by atoms with E-state index in [2.05, 4.69) is 4.98 Å². The van der Waals surface area contributed by atoms with Gasteiger partial charge < -0.3 is 10.3 Å². The van der Waals surface area contributed by atoms with Crippen LogP contribution in [0.25, 0.3) is 11.0 Å². The molecule has 2 heterocycles. The molecule has 0 aliphatic carbocycles. The van der Waals surface area contributed by atoms with Gasteiger partial charge in [-0.2, -0.15) is 13.2 Å². The van der Waals surface area contributed by atoms with Crippen LogP contribution >= 0.6 is 0 Å². The lowest BCUT2D eigenvalue weighted by atomic mass is 10.1. The van der Waals surface area contributed by atoms with Crippen LogP contribution in [0.1, 0.15) is 24.4 Å². The third-order valence-electron chi connectivity index (χ3n) is 3.77. The molecule has 0 amide bonds. The number of alkyl halides is 3. The van der Waals surface area contributed by atoms with Crippen LogP contribution < -0.4 is 5.73 Å². The van der Waals surface area contributed by atoms with Crippen LogP contribution in [0.5, 0.6) is 0 Å². The number of nitrogens with zero attached hydrogens (tertiary/aromatic N) is 2. The Hall–Kier alpha value is -1.57. The van der Waals surface area contributed by atoms with Crippen LogP contribution in [0.3, 0.4) is 0 Å². The molecule has 0 unspecified atom stereocenters. The number of rotatable bonds is 1. The highest BCUT2D eigenvalue weighted by atomic mass is 32.2. The van der Waals surface area contributed by atoms with Gasteiger partial charge in [-0.25, -0.2) is 4.98 Å². The fraction of sp³-hybridized carbons (Fsp3) is 0.462. The Morgan fingerprint density at radius 2 is 1.95 bits per heavy atom. The lowest BCUT2D eigenvalue weighted by molar-refractivity contribution is -0.137. The average Bonchev–Trinajstić information content (AvgIpc) is 2.74. The highest BCUT2D eigenvalue weighted by Crippen LogP contribution is 2.34. The van der Waals surface area contributed by atoms with Crippen molar-refractivity contribution < 1.29 is 17.4 Å². The Morgan fingerprint density at radius 3 is 2.57 bits per heavy atom. The largest absolute Gasteiger partial charge is 0.416 e. The highest BCUT2D eigenvalue weighted by Gasteiger charge is 2.31. The van der Waals surface area contributed by atoms with Crippen LogP contribution in [-0.4, -0.2) is 25.3 Å². The summed E-state index contributed by atoms with van der Waals surface area (Å²) in [5.41, 5.74) is 5.98. The van der Waals surface area contributed by atoms with Crippen molar-refractivity contribution in [1.82, 2.24) is 9.55 Å². The van der Waals surface area contributed by atoms with Crippen LogP contribution in [0.15, 0.2) is 18.2 Å². The average molecular weight is 317 g/mol. The van der Waals surface area contributed by atoms with Crippen LogP contribution in [0, 0.1) is 0 Å². The Kier molecular flexibility index (Phi) is 3.43. The number of halogens is 3. The van der Waals surface area contributed by atoms with E-state index < -0.39 is 22.5 Å². The van der Waals surface area contributed by atoms with Gasteiger partial charge in [-0.1, -0.05) is 0 Å². The lowest BCUT2D eigenvalue weighted by Crippen LogP contribution is -2.22. The maximum absolute atomic E-state index is 12.7. The van der Waals surface area contributed by atoms with E-state index in [9.17, 15) is 17.4 Å². The van der Waals surface area contributed by atoms with Gasteiger partial charge in [0.15, 0.2) is 0 Å². The van der Waals surface area contributed by atoms with Gasteiger partial charge >= 0.3 is 6.18 Å². The summed E-state index contributed by atoms with van der Waals surface area (Å²) in [5, 5.41) is 0. The molecule has 1 aliphatic heterocycles. The molecule has 1 fully saturated rings. The molecule has 2 N–H and O–H groups in total. The third-order valence-corrected chi connectivity index (χ3v) is 5.15. The van der Waals surface area contributed by atoms with Crippen molar-refractivity contribution in [1.29, 1.82) is 0 Å². The van der Waals surface area contributed by atoms with Gasteiger partial charge in [0.25, 0.3) is 0 Å². The first-order chi connectivity index (χ1) is 9.86. The maximum atomic E-state index is 12.7. The second-order valence-corrected chi connectivity index (χ2v) is 6.82. The zero-order valence-electron chi connectivity index (χ0n) is 11.1. The minimum atomic E-state index is -4.39. The topological polar surface area (TPSA) is 60.9 Å². The van der Waals surface area contributed by atoms with Crippen molar-refractivity contribution in [2.75, 3.05) is 17.2 Å². The van der Waals surface area contributed by atoms with Crippen molar-refractivity contribution in [2.45, 2.75) is 25.1 Å². The maximum Gasteiger partial charge on any atom is 0.416 e. The highest BCUT2D eigenvalue weighted by molar-refractivity contribution is 7.85. The van der Waals surface area contributed by atoms with Gasteiger partial charge in [-0.05, 0) is 31.0 Å². The fourth-order valence-corrected chi connectivity index (χ4v) is 3.99. The van der Waals surface area contributed by atoms with Gasteiger partial charge in [-0.3, -0.25) is 4.21 Å². The standard InChI is InChI=1S/C13H14F3N3OS/c14-13(15,16)8-1-2-11-10(7-8)18-12(17)19(11)9-3-5-21(20)6-4-9/h1-2,7,9H,3-6H2,(H2,17,18). The van der Waals surface area contributed by atoms with Crippen molar-refractivity contribution >= 4 is 27.8 Å². The number of aromatic nitrogens is 2. The molecule has 0 atom stereocenters. The summed E-state index contributed by atoms with van der Waals surface area (Å²) in [4.78, 5) is 4.05. The van der Waals surface area contributed by atoms with Gasteiger partial charge in [0, 0.05) is 28.3 Å². The molecule has 8 heteroatoms. The Bertz CT molecular complexity index is 700. The number of hydrogen-bond donors (Lipinski definition) is 1. The minimum Gasteiger partial charge on any atom is -0.369 e. The van der Waals surface area contributed by atoms with E-state index in [1.165, 1.54) is 6.07 Å². The SMILES string of the molecule is Nc1nc2cc(C(F)(F)F)ccc2n1C1CCS(=O)CC1. The molecular weight excluding hydrogens is 303 g/mol. The Balaban J connectivity index is 2.04. The van der Waals surface area contributed by atoms with Gasteiger partial charge in [0.05, 0.1) is 16.6 Å². The number of imidazole rings is 1. The van der Waals surface area contributed by atoms with Crippen LogP contribution in [0.2, 0.25) is 0 Å². The molecule has 4 nitrogen and oxygen atoms in total. The molecule has 1 saturated heterocycles. The van der Waals surface area contributed by atoms with E-state index in [-0.39, 0.29) is 17.5 Å². The molecule has 0 bridgehead atoms. The summed E-state index contributed by atoms with van der Waals surface area (Å²) in [6.45, 7) is 0. The monoisotopic (exact) mass is 317 g/mol. The van der Waals surface area contributed by atoms with E-state index in [0.29, 0.717) is 29.9 Å². The molecule has 0 spiro atoms. The van der Waals surface area contributed by atoms with Gasteiger partial charge in [0.1, 0.15) is 0 Å². The summed E-state index contributed by atoms with van der Waals surface area (Å²) < 4.78 is 51.3. The van der Waals surface area contributed by atoms with Crippen molar-refractivity contribution in [2.24, 2.45) is 0 Å². The number of nitrogens with two attached hydrogens (primary N) is 1. The molecule has 0 radical (unpaired) electrons. The molecule has 1 aliphatic rings. The first kappa shape index (κ1) is 14.4. The first-order valence-corrected chi connectivity index (χ1v) is 8.04. The Morgan fingerprint density at radius 1 is 1.29 bits per heavy atom. The van der Waals surface area contributed by atoms with E-state index in [4.69, 9.17) is 5.73 Å². The lowest BCUT2D eigenvalue weighted by Gasteiger charge is -2.24. The zero-order chi connectivity index (χ0) is 15.2. The van der Waals surface area contributed by atoms with Crippen LogP contribution in [0.4, 0.5) is 19.1 Å². The number of hydrogen-bond acceptors (Lipinski definition) is 3. The third kappa shape index (κ3) is 2.64. The number of benzene rings is 1. The molecule has 2 aromatic rings. The van der Waals surface area contributed by atoms with Crippen LogP contribution in [-0.2, 0) is 17.0 Å².